The summed E-state index contributed by atoms with van der Waals surface area (Å²) in [4.78, 5) is 11.9. The maximum Gasteiger partial charge on any atom is 0.326 e. The maximum atomic E-state index is 11.9. The summed E-state index contributed by atoms with van der Waals surface area (Å²) in [5.74, 6) is -0.0434. The highest BCUT2D eigenvalue weighted by molar-refractivity contribution is 5.81. The Labute approximate surface area is 92.6 Å². The third-order valence-corrected chi connectivity index (χ3v) is 3.09. The van der Waals surface area contributed by atoms with Crippen LogP contribution in [0.25, 0.3) is 0 Å². The lowest BCUT2D eigenvalue weighted by Gasteiger charge is -2.35. The number of ether oxygens (including phenoxy) is 1. The van der Waals surface area contributed by atoms with Crippen LogP contribution in [-0.4, -0.2) is 24.7 Å². The smallest absolute Gasteiger partial charge is 0.326 e. The Morgan fingerprint density at radius 2 is 1.93 bits per heavy atom. The molecule has 0 aromatic heterocycles. The zero-order chi connectivity index (χ0) is 11.1. The van der Waals surface area contributed by atoms with Gasteiger partial charge in [0.2, 0.25) is 0 Å². The molecule has 0 aromatic rings. The molecule has 1 aliphatic carbocycles. The Morgan fingerprint density at radius 1 is 1.27 bits per heavy atom. The molecule has 0 amide bonds. The Hall–Kier alpha value is -0.570. The molecule has 0 unspecified atom stereocenters. The molecule has 0 atom stereocenters. The first-order chi connectivity index (χ1) is 7.25. The van der Waals surface area contributed by atoms with Crippen molar-refractivity contribution in [3.63, 3.8) is 0 Å². The average molecular weight is 213 g/mol. The fourth-order valence-electron chi connectivity index (χ4n) is 2.24. The van der Waals surface area contributed by atoms with Crippen molar-refractivity contribution in [2.75, 3.05) is 13.2 Å². The Bertz CT molecular complexity index is 198. The topological polar surface area (TPSA) is 38.3 Å². The highest BCUT2D eigenvalue weighted by atomic mass is 16.5. The summed E-state index contributed by atoms with van der Waals surface area (Å²) in [6, 6.07) is 0. The molecule has 0 heterocycles. The van der Waals surface area contributed by atoms with Gasteiger partial charge in [-0.05, 0) is 32.7 Å². The number of carbonyl (C=O) groups excluding carboxylic acids is 1. The first-order valence-electron chi connectivity index (χ1n) is 6.17. The normalized spacial score (nSPS) is 19.9. The molecule has 1 fully saturated rings. The van der Waals surface area contributed by atoms with Crippen LogP contribution < -0.4 is 5.32 Å². The van der Waals surface area contributed by atoms with E-state index in [4.69, 9.17) is 4.74 Å². The number of hydrogen-bond donors (Lipinski definition) is 1. The zero-order valence-electron chi connectivity index (χ0n) is 9.97. The van der Waals surface area contributed by atoms with E-state index in [1.54, 1.807) is 0 Å². The third-order valence-electron chi connectivity index (χ3n) is 3.09. The van der Waals surface area contributed by atoms with Crippen LogP contribution in [0, 0.1) is 0 Å². The molecule has 0 radical (unpaired) electrons. The standard InChI is InChI=1S/C12H23NO2/c1-3-10-13-12(11(14)15-4-2)8-6-5-7-9-12/h13H,3-10H2,1-2H3. The van der Waals surface area contributed by atoms with E-state index in [9.17, 15) is 4.79 Å². The minimum atomic E-state index is -0.371. The Kier molecular flexibility index (Phi) is 5.09. The van der Waals surface area contributed by atoms with Crippen molar-refractivity contribution in [1.82, 2.24) is 5.32 Å². The van der Waals surface area contributed by atoms with Gasteiger partial charge in [-0.15, -0.1) is 0 Å². The SMILES string of the molecule is CCCNC1(C(=O)OCC)CCCCC1. The monoisotopic (exact) mass is 213 g/mol. The van der Waals surface area contributed by atoms with E-state index in [1.165, 1.54) is 6.42 Å². The van der Waals surface area contributed by atoms with Crippen LogP contribution in [0.2, 0.25) is 0 Å². The molecular weight excluding hydrogens is 190 g/mol. The lowest BCUT2D eigenvalue weighted by molar-refractivity contribution is -0.152. The second-order valence-electron chi connectivity index (χ2n) is 4.29. The van der Waals surface area contributed by atoms with Gasteiger partial charge in [0, 0.05) is 0 Å². The van der Waals surface area contributed by atoms with Crippen molar-refractivity contribution in [1.29, 1.82) is 0 Å². The molecule has 88 valence electrons. The summed E-state index contributed by atoms with van der Waals surface area (Å²) in [5, 5.41) is 3.39. The summed E-state index contributed by atoms with van der Waals surface area (Å²) in [6.45, 7) is 5.37. The van der Waals surface area contributed by atoms with Gasteiger partial charge in [0.05, 0.1) is 6.61 Å². The van der Waals surface area contributed by atoms with E-state index >= 15 is 0 Å². The van der Waals surface area contributed by atoms with Gasteiger partial charge < -0.3 is 10.1 Å². The second-order valence-corrected chi connectivity index (χ2v) is 4.29. The van der Waals surface area contributed by atoms with Gasteiger partial charge in [-0.25, -0.2) is 0 Å². The highest BCUT2D eigenvalue weighted by Crippen LogP contribution is 2.29. The van der Waals surface area contributed by atoms with Crippen molar-refractivity contribution in [3.05, 3.63) is 0 Å². The highest BCUT2D eigenvalue weighted by Gasteiger charge is 2.39. The van der Waals surface area contributed by atoms with Gasteiger partial charge in [-0.1, -0.05) is 26.2 Å². The van der Waals surface area contributed by atoms with Crippen molar-refractivity contribution in [3.8, 4) is 0 Å². The maximum absolute atomic E-state index is 11.9. The van der Waals surface area contributed by atoms with E-state index < -0.39 is 0 Å². The van der Waals surface area contributed by atoms with Gasteiger partial charge >= 0.3 is 5.97 Å². The van der Waals surface area contributed by atoms with Crippen LogP contribution in [0.1, 0.15) is 52.4 Å². The molecular formula is C12H23NO2. The minimum Gasteiger partial charge on any atom is -0.465 e. The van der Waals surface area contributed by atoms with Crippen LogP contribution in [0.15, 0.2) is 0 Å². The summed E-state index contributed by atoms with van der Waals surface area (Å²) >= 11 is 0. The fourth-order valence-corrected chi connectivity index (χ4v) is 2.24. The number of esters is 1. The number of carbonyl (C=O) groups is 1. The third kappa shape index (κ3) is 3.20. The number of rotatable bonds is 5. The Balaban J connectivity index is 2.61. The molecule has 0 aromatic carbocycles. The van der Waals surface area contributed by atoms with E-state index in [2.05, 4.69) is 12.2 Å². The van der Waals surface area contributed by atoms with Gasteiger partial charge in [0.1, 0.15) is 5.54 Å². The van der Waals surface area contributed by atoms with Crippen LogP contribution in [-0.2, 0) is 9.53 Å². The molecule has 0 spiro atoms. The molecule has 3 nitrogen and oxygen atoms in total. The molecule has 0 aliphatic heterocycles. The van der Waals surface area contributed by atoms with Crippen LogP contribution in [0.4, 0.5) is 0 Å². The van der Waals surface area contributed by atoms with Gasteiger partial charge in [-0.3, -0.25) is 4.79 Å². The van der Waals surface area contributed by atoms with E-state index in [0.717, 1.165) is 38.6 Å². The second kappa shape index (κ2) is 6.11. The fraction of sp³-hybridized carbons (Fsp3) is 0.917. The zero-order valence-corrected chi connectivity index (χ0v) is 9.97. The largest absolute Gasteiger partial charge is 0.465 e. The van der Waals surface area contributed by atoms with Crippen LogP contribution >= 0.6 is 0 Å². The van der Waals surface area contributed by atoms with E-state index in [1.807, 2.05) is 6.92 Å². The van der Waals surface area contributed by atoms with Crippen LogP contribution in [0.3, 0.4) is 0 Å². The summed E-state index contributed by atoms with van der Waals surface area (Å²) in [5.41, 5.74) is -0.371. The molecule has 0 saturated heterocycles. The van der Waals surface area contributed by atoms with Crippen molar-refractivity contribution in [2.24, 2.45) is 0 Å². The summed E-state index contributed by atoms with van der Waals surface area (Å²) < 4.78 is 5.18. The first kappa shape index (κ1) is 12.5. The predicted molar refractivity (Wildman–Crippen MR) is 60.7 cm³/mol. The van der Waals surface area contributed by atoms with Crippen molar-refractivity contribution in [2.45, 2.75) is 57.9 Å². The first-order valence-corrected chi connectivity index (χ1v) is 6.17. The lowest BCUT2D eigenvalue weighted by atomic mass is 9.81. The molecule has 1 N–H and O–H groups in total. The van der Waals surface area contributed by atoms with E-state index in [-0.39, 0.29) is 11.5 Å². The molecule has 3 heteroatoms. The quantitative estimate of drug-likeness (QED) is 0.712. The number of nitrogens with one attached hydrogen (secondary N) is 1. The lowest BCUT2D eigenvalue weighted by Crippen LogP contribution is -2.54. The minimum absolute atomic E-state index is 0.0434. The van der Waals surface area contributed by atoms with E-state index in [0.29, 0.717) is 6.61 Å². The molecule has 0 bridgehead atoms. The average Bonchev–Trinajstić information content (AvgIpc) is 2.28. The molecule has 1 aliphatic rings. The summed E-state index contributed by atoms with van der Waals surface area (Å²) in [7, 11) is 0. The van der Waals surface area contributed by atoms with Crippen molar-refractivity contribution < 1.29 is 9.53 Å². The molecule has 1 rings (SSSR count). The Morgan fingerprint density at radius 3 is 2.47 bits per heavy atom. The van der Waals surface area contributed by atoms with Crippen molar-refractivity contribution >= 4 is 5.97 Å². The predicted octanol–water partition coefficient (Wildman–Crippen LogP) is 2.25. The summed E-state index contributed by atoms with van der Waals surface area (Å²) in [6.07, 6.45) is 6.44. The molecule has 1 saturated carbocycles. The van der Waals surface area contributed by atoms with Crippen LogP contribution in [0.5, 0.6) is 0 Å². The van der Waals surface area contributed by atoms with Gasteiger partial charge in [0.15, 0.2) is 0 Å². The van der Waals surface area contributed by atoms with Gasteiger partial charge in [0.25, 0.3) is 0 Å². The van der Waals surface area contributed by atoms with Gasteiger partial charge in [-0.2, -0.15) is 0 Å². The molecule has 15 heavy (non-hydrogen) atoms. The number of hydrogen-bond acceptors (Lipinski definition) is 3.